The molecule has 0 saturated carbocycles. The first-order valence-electron chi connectivity index (χ1n) is 7.90. The number of hydrogen-bond acceptors (Lipinski definition) is 5. The van der Waals surface area contributed by atoms with Gasteiger partial charge < -0.3 is 4.52 Å². The SMILES string of the molecule is Cc1noc2nc(C(C)C)cc(C(=O)NNC(=O)c3ccccc3)c12. The van der Waals surface area contributed by atoms with Crippen molar-refractivity contribution < 1.29 is 14.1 Å². The lowest BCUT2D eigenvalue weighted by atomic mass is 10.0. The molecule has 3 aromatic rings. The number of amides is 2. The lowest BCUT2D eigenvalue weighted by Crippen LogP contribution is -2.41. The molecule has 7 nitrogen and oxygen atoms in total. The molecular weight excluding hydrogens is 320 g/mol. The van der Waals surface area contributed by atoms with Gasteiger partial charge in [0.2, 0.25) is 0 Å². The number of nitrogens with zero attached hydrogens (tertiary/aromatic N) is 2. The highest BCUT2D eigenvalue weighted by Gasteiger charge is 2.20. The number of rotatable bonds is 3. The maximum atomic E-state index is 12.6. The van der Waals surface area contributed by atoms with Crippen molar-refractivity contribution in [3.8, 4) is 0 Å². The number of hydrazine groups is 1. The summed E-state index contributed by atoms with van der Waals surface area (Å²) in [6.45, 7) is 5.68. The third-order valence-corrected chi connectivity index (χ3v) is 3.80. The van der Waals surface area contributed by atoms with Crippen molar-refractivity contribution >= 4 is 22.9 Å². The summed E-state index contributed by atoms with van der Waals surface area (Å²) in [6.07, 6.45) is 0. The highest BCUT2D eigenvalue weighted by Crippen LogP contribution is 2.24. The Kier molecular flexibility index (Phi) is 4.47. The molecule has 0 atom stereocenters. The second-order valence-corrected chi connectivity index (χ2v) is 5.97. The van der Waals surface area contributed by atoms with Gasteiger partial charge in [-0.05, 0) is 31.0 Å². The Labute approximate surface area is 144 Å². The molecular formula is C18H18N4O3. The smallest absolute Gasteiger partial charge is 0.270 e. The summed E-state index contributed by atoms with van der Waals surface area (Å²) in [7, 11) is 0. The van der Waals surface area contributed by atoms with Crippen molar-refractivity contribution in [1.29, 1.82) is 0 Å². The molecule has 0 bridgehead atoms. The van der Waals surface area contributed by atoms with Crippen LogP contribution in [0.3, 0.4) is 0 Å². The number of aromatic nitrogens is 2. The van der Waals surface area contributed by atoms with Crippen LogP contribution in [0.1, 0.15) is 51.9 Å². The topological polar surface area (TPSA) is 97.1 Å². The van der Waals surface area contributed by atoms with Gasteiger partial charge >= 0.3 is 0 Å². The second-order valence-electron chi connectivity index (χ2n) is 5.97. The van der Waals surface area contributed by atoms with Crippen molar-refractivity contribution in [3.05, 3.63) is 58.9 Å². The molecule has 1 aromatic carbocycles. The van der Waals surface area contributed by atoms with Crippen LogP contribution < -0.4 is 10.9 Å². The Morgan fingerprint density at radius 1 is 1.08 bits per heavy atom. The summed E-state index contributed by atoms with van der Waals surface area (Å²) >= 11 is 0. The number of pyridine rings is 1. The number of benzene rings is 1. The van der Waals surface area contributed by atoms with E-state index < -0.39 is 11.8 Å². The fourth-order valence-electron chi connectivity index (χ4n) is 2.43. The predicted octanol–water partition coefficient (Wildman–Crippen LogP) is 2.73. The standard InChI is InChI=1S/C18H18N4O3/c1-10(2)14-9-13(15-11(3)22-25-18(15)19-14)17(24)21-20-16(23)12-7-5-4-6-8-12/h4-10H,1-3H3,(H,20,23)(H,21,24). The average molecular weight is 338 g/mol. The number of carbonyl (C=O) groups is 2. The molecule has 2 heterocycles. The van der Waals surface area contributed by atoms with E-state index >= 15 is 0 Å². The van der Waals surface area contributed by atoms with E-state index in [9.17, 15) is 9.59 Å². The van der Waals surface area contributed by atoms with E-state index in [-0.39, 0.29) is 5.92 Å². The zero-order valence-corrected chi connectivity index (χ0v) is 14.2. The van der Waals surface area contributed by atoms with Gasteiger partial charge in [-0.3, -0.25) is 20.4 Å². The van der Waals surface area contributed by atoms with Crippen LogP contribution in [0, 0.1) is 6.92 Å². The van der Waals surface area contributed by atoms with E-state index in [4.69, 9.17) is 4.52 Å². The predicted molar refractivity (Wildman–Crippen MR) is 92.0 cm³/mol. The van der Waals surface area contributed by atoms with E-state index in [2.05, 4.69) is 21.0 Å². The molecule has 0 aliphatic carbocycles. The fourth-order valence-corrected chi connectivity index (χ4v) is 2.43. The van der Waals surface area contributed by atoms with E-state index in [1.54, 1.807) is 37.3 Å². The average Bonchev–Trinajstić information content (AvgIpc) is 3.00. The molecule has 7 heteroatoms. The monoisotopic (exact) mass is 338 g/mol. The van der Waals surface area contributed by atoms with E-state index in [1.165, 1.54) is 0 Å². The van der Waals surface area contributed by atoms with E-state index in [0.29, 0.717) is 33.6 Å². The molecule has 128 valence electrons. The molecule has 0 spiro atoms. The first-order chi connectivity index (χ1) is 12.0. The quantitative estimate of drug-likeness (QED) is 0.716. The molecule has 2 aromatic heterocycles. The zero-order valence-electron chi connectivity index (χ0n) is 14.2. The van der Waals surface area contributed by atoms with Gasteiger partial charge in [0, 0.05) is 11.3 Å². The van der Waals surface area contributed by atoms with Gasteiger partial charge in [0.1, 0.15) is 0 Å². The maximum Gasteiger partial charge on any atom is 0.270 e. The maximum absolute atomic E-state index is 12.6. The summed E-state index contributed by atoms with van der Waals surface area (Å²) in [5, 5.41) is 4.42. The Morgan fingerprint density at radius 2 is 1.76 bits per heavy atom. The molecule has 2 N–H and O–H groups in total. The summed E-state index contributed by atoms with van der Waals surface area (Å²) in [4.78, 5) is 29.0. The Hall–Kier alpha value is -3.22. The van der Waals surface area contributed by atoms with Gasteiger partial charge in [0.15, 0.2) is 0 Å². The fraction of sp³-hybridized carbons (Fsp3) is 0.222. The minimum atomic E-state index is -0.454. The van der Waals surface area contributed by atoms with Crippen LogP contribution in [0.4, 0.5) is 0 Å². The molecule has 2 amide bonds. The van der Waals surface area contributed by atoms with Gasteiger partial charge in [-0.2, -0.15) is 0 Å². The van der Waals surface area contributed by atoms with Crippen LogP contribution in [0.2, 0.25) is 0 Å². The van der Waals surface area contributed by atoms with Gasteiger partial charge in [0.25, 0.3) is 17.5 Å². The third kappa shape index (κ3) is 3.35. The molecule has 25 heavy (non-hydrogen) atoms. The van der Waals surface area contributed by atoms with E-state index in [1.807, 2.05) is 19.9 Å². The molecule has 3 rings (SSSR count). The lowest BCUT2D eigenvalue weighted by molar-refractivity contribution is 0.0847. The number of carbonyl (C=O) groups excluding carboxylic acids is 2. The van der Waals surface area contributed by atoms with Crippen molar-refractivity contribution in [2.24, 2.45) is 0 Å². The molecule has 0 saturated heterocycles. The summed E-state index contributed by atoms with van der Waals surface area (Å²) in [6, 6.07) is 10.3. The number of nitrogens with one attached hydrogen (secondary N) is 2. The minimum absolute atomic E-state index is 0.111. The zero-order chi connectivity index (χ0) is 18.0. The second kappa shape index (κ2) is 6.72. The molecule has 0 aliphatic rings. The molecule has 0 fully saturated rings. The Bertz CT molecular complexity index is 932. The van der Waals surface area contributed by atoms with Crippen LogP contribution >= 0.6 is 0 Å². The van der Waals surface area contributed by atoms with E-state index in [0.717, 1.165) is 0 Å². The van der Waals surface area contributed by atoms with Crippen molar-refractivity contribution in [3.63, 3.8) is 0 Å². The summed E-state index contributed by atoms with van der Waals surface area (Å²) in [5.74, 6) is -0.740. The highest BCUT2D eigenvalue weighted by atomic mass is 16.5. The summed E-state index contributed by atoms with van der Waals surface area (Å²) < 4.78 is 5.20. The van der Waals surface area contributed by atoms with Gasteiger partial charge in [-0.15, -0.1) is 0 Å². The van der Waals surface area contributed by atoms with Gasteiger partial charge in [0.05, 0.1) is 16.6 Å². The minimum Gasteiger partial charge on any atom is -0.336 e. The van der Waals surface area contributed by atoms with Crippen molar-refractivity contribution in [1.82, 2.24) is 21.0 Å². The van der Waals surface area contributed by atoms with Crippen molar-refractivity contribution in [2.75, 3.05) is 0 Å². The van der Waals surface area contributed by atoms with Crippen LogP contribution in [0.15, 0.2) is 40.9 Å². The highest BCUT2D eigenvalue weighted by molar-refractivity contribution is 6.07. The Balaban J connectivity index is 1.86. The number of aryl methyl sites for hydroxylation is 1. The molecule has 0 unspecified atom stereocenters. The summed E-state index contributed by atoms with van der Waals surface area (Å²) in [5.41, 5.74) is 7.25. The third-order valence-electron chi connectivity index (χ3n) is 3.80. The first-order valence-corrected chi connectivity index (χ1v) is 7.90. The van der Waals surface area contributed by atoms with Gasteiger partial charge in [-0.1, -0.05) is 37.2 Å². The van der Waals surface area contributed by atoms with Crippen LogP contribution in [-0.4, -0.2) is 22.0 Å². The molecule has 0 aliphatic heterocycles. The largest absolute Gasteiger partial charge is 0.336 e. The number of hydrogen-bond donors (Lipinski definition) is 2. The lowest BCUT2D eigenvalue weighted by Gasteiger charge is -2.10. The normalized spacial score (nSPS) is 10.9. The van der Waals surface area contributed by atoms with Crippen LogP contribution in [-0.2, 0) is 0 Å². The van der Waals surface area contributed by atoms with Crippen LogP contribution in [0.25, 0.3) is 11.1 Å². The van der Waals surface area contributed by atoms with Crippen LogP contribution in [0.5, 0.6) is 0 Å². The molecule has 0 radical (unpaired) electrons. The Morgan fingerprint density at radius 3 is 2.44 bits per heavy atom. The number of fused-ring (bicyclic) bond motifs is 1. The first kappa shape index (κ1) is 16.6. The van der Waals surface area contributed by atoms with Crippen molar-refractivity contribution in [2.45, 2.75) is 26.7 Å². The van der Waals surface area contributed by atoms with Gasteiger partial charge in [-0.25, -0.2) is 4.98 Å².